The number of aromatic nitrogens is 3. The highest BCUT2D eigenvalue weighted by Gasteiger charge is 2.45. The fourth-order valence-electron chi connectivity index (χ4n) is 2.81. The van der Waals surface area contributed by atoms with Crippen LogP contribution < -0.4 is 5.32 Å². The third-order valence-electron chi connectivity index (χ3n) is 4.22. The topological polar surface area (TPSA) is 63.0 Å². The predicted octanol–water partition coefficient (Wildman–Crippen LogP) is 1.54. The molecule has 2 rings (SSSR count). The van der Waals surface area contributed by atoms with Gasteiger partial charge in [-0.3, -0.25) is 0 Å². The summed E-state index contributed by atoms with van der Waals surface area (Å²) >= 11 is 0. The maximum Gasteiger partial charge on any atom is 0.150 e. The maximum atomic E-state index is 9.98. The Hall–Kier alpha value is -0.940. The number of nitrogens with one attached hydrogen (secondary N) is 1. The largest absolute Gasteiger partial charge is 0.394 e. The van der Waals surface area contributed by atoms with E-state index in [0.717, 1.165) is 44.0 Å². The number of aliphatic hydroxyl groups is 1. The van der Waals surface area contributed by atoms with E-state index in [1.54, 1.807) is 0 Å². The van der Waals surface area contributed by atoms with Gasteiger partial charge in [-0.15, -0.1) is 0 Å². The quantitative estimate of drug-likeness (QED) is 0.720. The van der Waals surface area contributed by atoms with Crippen molar-refractivity contribution in [3.63, 3.8) is 0 Å². The van der Waals surface area contributed by atoms with Crippen LogP contribution in [0, 0.1) is 5.92 Å². The van der Waals surface area contributed by atoms with Gasteiger partial charge in [-0.25, -0.2) is 9.67 Å². The maximum absolute atomic E-state index is 9.98. The first-order valence-electron chi connectivity index (χ1n) is 7.97. The Morgan fingerprint density at radius 2 is 2.05 bits per heavy atom. The molecule has 1 saturated carbocycles. The lowest BCUT2D eigenvalue weighted by Crippen LogP contribution is -2.54. The molecule has 0 aromatic carbocycles. The molecule has 20 heavy (non-hydrogen) atoms. The van der Waals surface area contributed by atoms with Crippen molar-refractivity contribution in [2.75, 3.05) is 13.2 Å². The molecule has 114 valence electrons. The van der Waals surface area contributed by atoms with E-state index >= 15 is 0 Å². The van der Waals surface area contributed by atoms with Crippen molar-refractivity contribution in [1.82, 2.24) is 20.1 Å². The molecular formula is C15H28N4O. The van der Waals surface area contributed by atoms with Gasteiger partial charge in [-0.1, -0.05) is 20.8 Å². The van der Waals surface area contributed by atoms with Crippen molar-refractivity contribution in [1.29, 1.82) is 0 Å². The Balaban J connectivity index is 2.20. The molecule has 2 N–H and O–H groups in total. The van der Waals surface area contributed by atoms with Gasteiger partial charge in [0.2, 0.25) is 0 Å². The molecular weight excluding hydrogens is 252 g/mol. The minimum atomic E-state index is -0.224. The van der Waals surface area contributed by atoms with Gasteiger partial charge in [-0.05, 0) is 31.7 Å². The molecule has 5 nitrogen and oxygen atoms in total. The summed E-state index contributed by atoms with van der Waals surface area (Å²) < 4.78 is 2.01. The van der Waals surface area contributed by atoms with Crippen molar-refractivity contribution >= 4 is 0 Å². The molecule has 0 radical (unpaired) electrons. The van der Waals surface area contributed by atoms with E-state index in [-0.39, 0.29) is 12.1 Å². The summed E-state index contributed by atoms with van der Waals surface area (Å²) in [4.78, 5) is 4.57. The van der Waals surface area contributed by atoms with Gasteiger partial charge >= 0.3 is 0 Å². The summed E-state index contributed by atoms with van der Waals surface area (Å²) in [5.41, 5.74) is -0.224. The van der Waals surface area contributed by atoms with Gasteiger partial charge < -0.3 is 10.4 Å². The minimum absolute atomic E-state index is 0.169. The van der Waals surface area contributed by atoms with E-state index in [4.69, 9.17) is 0 Å². The second-order valence-electron chi connectivity index (χ2n) is 5.82. The fourth-order valence-corrected chi connectivity index (χ4v) is 2.81. The van der Waals surface area contributed by atoms with Crippen molar-refractivity contribution in [2.45, 2.75) is 65.0 Å². The first-order chi connectivity index (χ1) is 9.69. The van der Waals surface area contributed by atoms with Crippen molar-refractivity contribution in [3.05, 3.63) is 11.6 Å². The fraction of sp³-hybridized carbons (Fsp3) is 0.867. The Kier molecular flexibility index (Phi) is 5.16. The molecule has 1 heterocycles. The summed E-state index contributed by atoms with van der Waals surface area (Å²) in [6, 6.07) is 0. The average Bonchev–Trinajstić information content (AvgIpc) is 3.25. The highest BCUT2D eigenvalue weighted by Crippen LogP contribution is 2.40. The molecule has 1 aromatic heterocycles. The van der Waals surface area contributed by atoms with E-state index in [0.29, 0.717) is 5.92 Å². The van der Waals surface area contributed by atoms with Crippen molar-refractivity contribution in [3.8, 4) is 0 Å². The molecule has 0 saturated heterocycles. The molecule has 1 aliphatic rings. The monoisotopic (exact) mass is 280 g/mol. The first-order valence-corrected chi connectivity index (χ1v) is 7.97. The third kappa shape index (κ3) is 3.20. The van der Waals surface area contributed by atoms with Crippen molar-refractivity contribution < 1.29 is 5.11 Å². The van der Waals surface area contributed by atoms with Crippen LogP contribution in [0.15, 0.2) is 0 Å². The molecule has 0 bridgehead atoms. The molecule has 0 amide bonds. The highest BCUT2D eigenvalue weighted by atomic mass is 16.3. The van der Waals surface area contributed by atoms with Crippen LogP contribution >= 0.6 is 0 Å². The van der Waals surface area contributed by atoms with E-state index < -0.39 is 0 Å². The molecule has 1 aliphatic carbocycles. The normalized spacial score (nSPS) is 18.2. The molecule has 0 spiro atoms. The summed E-state index contributed by atoms with van der Waals surface area (Å²) in [5.74, 6) is 2.50. The summed E-state index contributed by atoms with van der Waals surface area (Å²) in [6.07, 6.45) is 5.22. The number of nitrogens with zero attached hydrogens (tertiary/aromatic N) is 3. The first kappa shape index (κ1) is 15.4. The van der Waals surface area contributed by atoms with Crippen LogP contribution in [-0.4, -0.2) is 38.6 Å². The predicted molar refractivity (Wildman–Crippen MR) is 79.6 cm³/mol. The van der Waals surface area contributed by atoms with Gasteiger partial charge in [0.1, 0.15) is 5.82 Å². The van der Waals surface area contributed by atoms with Gasteiger partial charge in [-0.2, -0.15) is 5.10 Å². The summed E-state index contributed by atoms with van der Waals surface area (Å²) in [5, 5.41) is 18.2. The lowest BCUT2D eigenvalue weighted by molar-refractivity contribution is 0.117. The zero-order valence-electron chi connectivity index (χ0n) is 13.0. The van der Waals surface area contributed by atoms with Gasteiger partial charge in [0, 0.05) is 12.8 Å². The number of hydrogen-bond acceptors (Lipinski definition) is 4. The smallest absolute Gasteiger partial charge is 0.150 e. The lowest BCUT2D eigenvalue weighted by Gasteiger charge is -2.33. The SMILES string of the molecule is CCCNC(CO)(Cn1nc(CC)nc1CC)C1CC1. The molecule has 1 aromatic rings. The second kappa shape index (κ2) is 6.68. The van der Waals surface area contributed by atoms with E-state index in [1.165, 1.54) is 12.8 Å². The average molecular weight is 280 g/mol. The van der Waals surface area contributed by atoms with Crippen LogP contribution in [0.4, 0.5) is 0 Å². The van der Waals surface area contributed by atoms with Crippen LogP contribution in [0.25, 0.3) is 0 Å². The molecule has 0 aliphatic heterocycles. The molecule has 1 fully saturated rings. The van der Waals surface area contributed by atoms with Gasteiger partial charge in [0.25, 0.3) is 0 Å². The summed E-state index contributed by atoms with van der Waals surface area (Å²) in [7, 11) is 0. The molecule has 1 unspecified atom stereocenters. The zero-order valence-corrected chi connectivity index (χ0v) is 13.0. The molecule has 5 heteroatoms. The Morgan fingerprint density at radius 3 is 2.55 bits per heavy atom. The Labute approximate surface area is 121 Å². The zero-order chi connectivity index (χ0) is 14.6. The second-order valence-corrected chi connectivity index (χ2v) is 5.82. The highest BCUT2D eigenvalue weighted by molar-refractivity contribution is 5.03. The lowest BCUT2D eigenvalue weighted by atomic mass is 9.93. The Morgan fingerprint density at radius 1 is 1.30 bits per heavy atom. The van der Waals surface area contributed by atoms with Crippen LogP contribution in [0.3, 0.4) is 0 Å². The van der Waals surface area contributed by atoms with E-state index in [1.807, 2.05) is 4.68 Å². The van der Waals surface area contributed by atoms with Crippen LogP contribution in [-0.2, 0) is 19.4 Å². The number of aryl methyl sites for hydroxylation is 2. The number of hydrogen-bond donors (Lipinski definition) is 2. The Bertz CT molecular complexity index is 428. The number of rotatable bonds is 9. The standard InChI is InChI=1S/C15H28N4O/c1-4-9-16-15(11-20,12-7-8-12)10-19-14(6-3)17-13(5-2)18-19/h12,16,20H,4-11H2,1-3H3. The van der Waals surface area contributed by atoms with Crippen LogP contribution in [0.1, 0.15) is 51.7 Å². The van der Waals surface area contributed by atoms with Gasteiger partial charge in [0.05, 0.1) is 18.7 Å². The molecule has 1 atom stereocenters. The van der Waals surface area contributed by atoms with Gasteiger partial charge in [0.15, 0.2) is 5.82 Å². The third-order valence-corrected chi connectivity index (χ3v) is 4.22. The van der Waals surface area contributed by atoms with Crippen LogP contribution in [0.5, 0.6) is 0 Å². The van der Waals surface area contributed by atoms with Crippen molar-refractivity contribution in [2.24, 2.45) is 5.92 Å². The minimum Gasteiger partial charge on any atom is -0.394 e. The summed E-state index contributed by atoms with van der Waals surface area (Å²) in [6.45, 7) is 8.18. The van der Waals surface area contributed by atoms with Crippen LogP contribution in [0.2, 0.25) is 0 Å². The van der Waals surface area contributed by atoms with E-state index in [9.17, 15) is 5.11 Å². The number of aliphatic hydroxyl groups excluding tert-OH is 1. The van der Waals surface area contributed by atoms with E-state index in [2.05, 4.69) is 36.2 Å².